The van der Waals surface area contributed by atoms with E-state index in [1.807, 2.05) is 62.4 Å². The molecule has 3 aromatic carbocycles. The molecule has 1 aromatic heterocycles. The summed E-state index contributed by atoms with van der Waals surface area (Å²) in [5.41, 5.74) is 7.58. The number of amides is 1. The lowest BCUT2D eigenvalue weighted by Crippen LogP contribution is -2.22. The molecule has 0 aliphatic carbocycles. The normalized spacial score (nSPS) is 11.0. The summed E-state index contributed by atoms with van der Waals surface area (Å²) in [6.07, 6.45) is 0. The Morgan fingerprint density at radius 1 is 0.935 bits per heavy atom. The first-order chi connectivity index (χ1) is 14.8. The highest BCUT2D eigenvalue weighted by molar-refractivity contribution is 5.95. The molecule has 0 bridgehead atoms. The average molecular weight is 412 g/mol. The summed E-state index contributed by atoms with van der Waals surface area (Å²) >= 11 is 0. The van der Waals surface area contributed by atoms with E-state index >= 15 is 0 Å². The van der Waals surface area contributed by atoms with Crippen LogP contribution >= 0.6 is 0 Å². The molecule has 0 saturated carbocycles. The number of para-hydroxylation sites is 1. The molecule has 0 aliphatic heterocycles. The third-order valence-electron chi connectivity index (χ3n) is 5.83. The minimum Gasteiger partial charge on any atom is -0.326 e. The molecular weight excluding hydrogens is 386 g/mol. The van der Waals surface area contributed by atoms with Crippen LogP contribution in [0.3, 0.4) is 0 Å². The Morgan fingerprint density at radius 2 is 1.61 bits per heavy atom. The standard InChI is InChI=1S/C26H25N3O2/c1-15-14-24(28-19(5)30)25(17(3)16(15)2)20-10-12-21(13-11-20)29-18(4)27-23-9-7-6-8-22(23)26(29)31/h6-14H,1-5H3,(H,28,30). The van der Waals surface area contributed by atoms with Gasteiger partial charge in [-0.1, -0.05) is 24.3 Å². The van der Waals surface area contributed by atoms with Crippen LogP contribution in [0.15, 0.2) is 59.4 Å². The van der Waals surface area contributed by atoms with Gasteiger partial charge in [0.05, 0.1) is 16.6 Å². The van der Waals surface area contributed by atoms with Gasteiger partial charge in [0, 0.05) is 18.2 Å². The highest BCUT2D eigenvalue weighted by Crippen LogP contribution is 2.35. The fourth-order valence-corrected chi connectivity index (χ4v) is 4.07. The number of rotatable bonds is 3. The van der Waals surface area contributed by atoms with Gasteiger partial charge < -0.3 is 5.32 Å². The third kappa shape index (κ3) is 3.63. The SMILES string of the molecule is CC(=O)Nc1cc(C)c(C)c(C)c1-c1ccc(-n2c(C)nc3ccccc3c2=O)cc1. The Balaban J connectivity index is 1.86. The molecule has 0 fully saturated rings. The molecule has 0 atom stereocenters. The van der Waals surface area contributed by atoms with E-state index < -0.39 is 0 Å². The summed E-state index contributed by atoms with van der Waals surface area (Å²) in [6.45, 7) is 9.55. The Hall–Kier alpha value is -3.73. The van der Waals surface area contributed by atoms with Crippen molar-refractivity contribution in [1.82, 2.24) is 9.55 Å². The number of benzene rings is 3. The van der Waals surface area contributed by atoms with Crippen molar-refractivity contribution >= 4 is 22.5 Å². The van der Waals surface area contributed by atoms with Crippen molar-refractivity contribution in [2.45, 2.75) is 34.6 Å². The topological polar surface area (TPSA) is 64.0 Å². The van der Waals surface area contributed by atoms with Crippen LogP contribution in [-0.2, 0) is 4.79 Å². The quantitative estimate of drug-likeness (QED) is 0.501. The number of nitrogens with one attached hydrogen (secondary N) is 1. The maximum atomic E-state index is 13.1. The number of carbonyl (C=O) groups is 1. The molecule has 4 rings (SSSR count). The summed E-state index contributed by atoms with van der Waals surface area (Å²) in [4.78, 5) is 29.5. The van der Waals surface area contributed by atoms with Gasteiger partial charge in [0.2, 0.25) is 5.91 Å². The first-order valence-electron chi connectivity index (χ1n) is 10.3. The van der Waals surface area contributed by atoms with E-state index in [1.165, 1.54) is 12.5 Å². The van der Waals surface area contributed by atoms with E-state index in [4.69, 9.17) is 0 Å². The smallest absolute Gasteiger partial charge is 0.265 e. The molecule has 1 amide bonds. The minimum atomic E-state index is -0.107. The average Bonchev–Trinajstić information content (AvgIpc) is 2.73. The lowest BCUT2D eigenvalue weighted by atomic mass is 9.92. The lowest BCUT2D eigenvalue weighted by Gasteiger charge is -2.18. The van der Waals surface area contributed by atoms with Crippen LogP contribution in [0.2, 0.25) is 0 Å². The van der Waals surface area contributed by atoms with Crippen LogP contribution in [0.1, 0.15) is 29.4 Å². The van der Waals surface area contributed by atoms with Gasteiger partial charge in [0.1, 0.15) is 5.82 Å². The molecule has 5 heteroatoms. The highest BCUT2D eigenvalue weighted by atomic mass is 16.1. The molecule has 0 spiro atoms. The predicted octanol–water partition coefficient (Wildman–Crippen LogP) is 5.24. The van der Waals surface area contributed by atoms with Gasteiger partial charge in [-0.3, -0.25) is 14.2 Å². The summed E-state index contributed by atoms with van der Waals surface area (Å²) in [6, 6.07) is 17.2. The van der Waals surface area contributed by atoms with Crippen molar-refractivity contribution < 1.29 is 4.79 Å². The van der Waals surface area contributed by atoms with Crippen molar-refractivity contribution in [3.05, 3.63) is 87.5 Å². The number of aryl methyl sites for hydroxylation is 2. The Morgan fingerprint density at radius 3 is 2.29 bits per heavy atom. The van der Waals surface area contributed by atoms with Crippen LogP contribution < -0.4 is 10.9 Å². The molecule has 31 heavy (non-hydrogen) atoms. The summed E-state index contributed by atoms with van der Waals surface area (Å²) in [5, 5.41) is 3.55. The van der Waals surface area contributed by atoms with Gasteiger partial charge in [-0.25, -0.2) is 4.98 Å². The molecule has 4 aromatic rings. The Kier molecular flexibility index (Phi) is 5.19. The minimum absolute atomic E-state index is 0.0860. The van der Waals surface area contributed by atoms with E-state index in [1.54, 1.807) is 10.6 Å². The van der Waals surface area contributed by atoms with Crippen LogP contribution in [-0.4, -0.2) is 15.5 Å². The van der Waals surface area contributed by atoms with Crippen LogP contribution in [0, 0.1) is 27.7 Å². The van der Waals surface area contributed by atoms with Gasteiger partial charge >= 0.3 is 0 Å². The van der Waals surface area contributed by atoms with Gasteiger partial charge in [-0.2, -0.15) is 0 Å². The fraction of sp³-hybridized carbons (Fsp3) is 0.192. The first kappa shape index (κ1) is 20.5. The fourth-order valence-electron chi connectivity index (χ4n) is 4.07. The van der Waals surface area contributed by atoms with Crippen molar-refractivity contribution in [3.8, 4) is 16.8 Å². The van der Waals surface area contributed by atoms with Crippen molar-refractivity contribution in [2.24, 2.45) is 0 Å². The van der Waals surface area contributed by atoms with Crippen molar-refractivity contribution in [2.75, 3.05) is 5.32 Å². The van der Waals surface area contributed by atoms with Gasteiger partial charge in [-0.15, -0.1) is 0 Å². The zero-order chi connectivity index (χ0) is 22.3. The number of fused-ring (bicyclic) bond motifs is 1. The second kappa shape index (κ2) is 7.84. The van der Waals surface area contributed by atoms with E-state index in [9.17, 15) is 9.59 Å². The summed E-state index contributed by atoms with van der Waals surface area (Å²) in [5.74, 6) is 0.530. The number of anilines is 1. The maximum absolute atomic E-state index is 13.1. The largest absolute Gasteiger partial charge is 0.326 e. The second-order valence-corrected chi connectivity index (χ2v) is 7.91. The molecular formula is C26H25N3O2. The highest BCUT2D eigenvalue weighted by Gasteiger charge is 2.15. The third-order valence-corrected chi connectivity index (χ3v) is 5.83. The zero-order valence-corrected chi connectivity index (χ0v) is 18.4. The number of nitrogens with zero attached hydrogens (tertiary/aromatic N) is 2. The number of hydrogen-bond donors (Lipinski definition) is 1. The molecule has 1 heterocycles. The van der Waals surface area contributed by atoms with Gasteiger partial charge in [0.15, 0.2) is 0 Å². The predicted molar refractivity (Wildman–Crippen MR) is 126 cm³/mol. The van der Waals surface area contributed by atoms with Crippen molar-refractivity contribution in [1.29, 1.82) is 0 Å². The second-order valence-electron chi connectivity index (χ2n) is 7.91. The molecule has 0 radical (unpaired) electrons. The molecule has 1 N–H and O–H groups in total. The molecule has 5 nitrogen and oxygen atoms in total. The van der Waals surface area contributed by atoms with E-state index in [0.29, 0.717) is 16.7 Å². The first-order valence-corrected chi connectivity index (χ1v) is 10.3. The molecule has 0 saturated heterocycles. The number of aromatic nitrogens is 2. The van der Waals surface area contributed by atoms with E-state index in [0.717, 1.165) is 33.6 Å². The van der Waals surface area contributed by atoms with Gasteiger partial charge in [0.25, 0.3) is 5.56 Å². The van der Waals surface area contributed by atoms with E-state index in [-0.39, 0.29) is 11.5 Å². The van der Waals surface area contributed by atoms with Crippen molar-refractivity contribution in [3.63, 3.8) is 0 Å². The Bertz CT molecular complexity index is 1380. The Labute approximate surface area is 181 Å². The molecule has 0 unspecified atom stereocenters. The monoisotopic (exact) mass is 411 g/mol. The summed E-state index contributed by atoms with van der Waals surface area (Å²) in [7, 11) is 0. The zero-order valence-electron chi connectivity index (χ0n) is 18.4. The maximum Gasteiger partial charge on any atom is 0.265 e. The van der Waals surface area contributed by atoms with Crippen LogP contribution in [0.25, 0.3) is 27.7 Å². The van der Waals surface area contributed by atoms with E-state index in [2.05, 4.69) is 24.1 Å². The van der Waals surface area contributed by atoms with Crippen LogP contribution in [0.4, 0.5) is 5.69 Å². The summed E-state index contributed by atoms with van der Waals surface area (Å²) < 4.78 is 1.63. The lowest BCUT2D eigenvalue weighted by molar-refractivity contribution is -0.114. The molecule has 156 valence electrons. The number of carbonyl (C=O) groups excluding carboxylic acids is 1. The van der Waals surface area contributed by atoms with Crippen LogP contribution in [0.5, 0.6) is 0 Å². The number of hydrogen-bond acceptors (Lipinski definition) is 3. The molecule has 0 aliphatic rings. The van der Waals surface area contributed by atoms with Gasteiger partial charge in [-0.05, 0) is 80.3 Å².